The number of hydrogen-bond acceptors (Lipinski definition) is 3. The molecular formula is C33H38F3N3O2. The Bertz CT molecular complexity index is 1290. The molecule has 0 saturated carbocycles. The Hall–Kier alpha value is -3.65. The van der Waals surface area contributed by atoms with Crippen LogP contribution in [0.15, 0.2) is 84.9 Å². The summed E-state index contributed by atoms with van der Waals surface area (Å²) in [7, 11) is 3.57. The maximum atomic E-state index is 14.0. The van der Waals surface area contributed by atoms with Gasteiger partial charge in [0.25, 0.3) is 5.91 Å². The highest BCUT2D eigenvalue weighted by atomic mass is 19.4. The molecule has 3 aromatic carbocycles. The van der Waals surface area contributed by atoms with Crippen molar-refractivity contribution in [2.75, 3.05) is 27.2 Å². The summed E-state index contributed by atoms with van der Waals surface area (Å²) in [6.07, 6.45) is -3.29. The Morgan fingerprint density at radius 3 is 2.00 bits per heavy atom. The first-order chi connectivity index (χ1) is 19.4. The van der Waals surface area contributed by atoms with Gasteiger partial charge in [-0.05, 0) is 55.0 Å². The molecule has 3 aromatic rings. The predicted molar refractivity (Wildman–Crippen MR) is 154 cm³/mol. The molecule has 5 nitrogen and oxygen atoms in total. The van der Waals surface area contributed by atoms with Crippen molar-refractivity contribution in [1.82, 2.24) is 15.1 Å². The van der Waals surface area contributed by atoms with Gasteiger partial charge in [-0.3, -0.25) is 9.59 Å². The van der Waals surface area contributed by atoms with Crippen molar-refractivity contribution in [3.05, 3.63) is 107 Å². The minimum Gasteiger partial charge on any atom is -0.349 e. The molecule has 1 aliphatic rings. The lowest BCUT2D eigenvalue weighted by Gasteiger charge is -2.44. The molecule has 8 heteroatoms. The Morgan fingerprint density at radius 1 is 0.927 bits per heavy atom. The number of nitrogens with zero attached hydrogens (tertiary/aromatic N) is 2. The second-order valence-corrected chi connectivity index (χ2v) is 11.3. The van der Waals surface area contributed by atoms with Crippen molar-refractivity contribution in [2.24, 2.45) is 5.92 Å². The number of rotatable bonds is 8. The molecule has 0 spiro atoms. The Kier molecular flexibility index (Phi) is 9.22. The van der Waals surface area contributed by atoms with E-state index in [1.54, 1.807) is 19.0 Å². The zero-order chi connectivity index (χ0) is 29.8. The molecule has 0 aromatic heterocycles. The number of likely N-dealkylation sites (N-methyl/N-ethyl adjacent to an activating group) is 1. The van der Waals surface area contributed by atoms with Crippen molar-refractivity contribution in [2.45, 2.75) is 50.4 Å². The third-order valence-corrected chi connectivity index (χ3v) is 8.23. The summed E-state index contributed by atoms with van der Waals surface area (Å²) in [6.45, 7) is 5.56. The van der Waals surface area contributed by atoms with Crippen LogP contribution in [0.4, 0.5) is 13.2 Å². The molecule has 0 bridgehead atoms. The first-order valence-corrected chi connectivity index (χ1v) is 14.0. The molecule has 1 saturated heterocycles. The fourth-order valence-electron chi connectivity index (χ4n) is 6.02. The highest BCUT2D eigenvalue weighted by Gasteiger charge is 2.45. The molecule has 218 valence electrons. The number of halogens is 3. The van der Waals surface area contributed by atoms with Gasteiger partial charge >= 0.3 is 6.18 Å². The number of amides is 2. The van der Waals surface area contributed by atoms with E-state index < -0.39 is 23.1 Å². The lowest BCUT2D eigenvalue weighted by Crippen LogP contribution is -2.54. The van der Waals surface area contributed by atoms with Crippen molar-refractivity contribution >= 4 is 11.8 Å². The van der Waals surface area contributed by atoms with Gasteiger partial charge in [0.1, 0.15) is 5.41 Å². The summed E-state index contributed by atoms with van der Waals surface area (Å²) >= 11 is 0. The quantitative estimate of drug-likeness (QED) is 0.365. The van der Waals surface area contributed by atoms with Crippen molar-refractivity contribution in [3.8, 4) is 0 Å². The maximum absolute atomic E-state index is 14.0. The minimum atomic E-state index is -4.51. The summed E-state index contributed by atoms with van der Waals surface area (Å²) in [4.78, 5) is 30.9. The van der Waals surface area contributed by atoms with Gasteiger partial charge in [0.05, 0.1) is 5.56 Å². The van der Waals surface area contributed by atoms with Gasteiger partial charge in [0, 0.05) is 44.8 Å². The van der Waals surface area contributed by atoms with Gasteiger partial charge in [0.2, 0.25) is 5.91 Å². The fraction of sp³-hybridized carbons (Fsp3) is 0.394. The lowest BCUT2D eigenvalue weighted by molar-refractivity contribution is -0.137. The molecular weight excluding hydrogens is 527 g/mol. The van der Waals surface area contributed by atoms with Gasteiger partial charge < -0.3 is 15.1 Å². The van der Waals surface area contributed by atoms with Gasteiger partial charge in [0.15, 0.2) is 0 Å². The third kappa shape index (κ3) is 6.64. The van der Waals surface area contributed by atoms with Crippen molar-refractivity contribution < 1.29 is 22.8 Å². The number of hydrogen-bond donors (Lipinski definition) is 1. The van der Waals surface area contributed by atoms with Gasteiger partial charge in [-0.15, -0.1) is 0 Å². The lowest BCUT2D eigenvalue weighted by atomic mass is 9.69. The molecule has 1 aliphatic heterocycles. The summed E-state index contributed by atoms with van der Waals surface area (Å²) in [5.41, 5.74) is 0.152. The number of carbonyl (C=O) groups is 2. The van der Waals surface area contributed by atoms with Crippen LogP contribution in [-0.4, -0.2) is 60.9 Å². The van der Waals surface area contributed by atoms with Gasteiger partial charge in [-0.1, -0.05) is 73.7 Å². The Morgan fingerprint density at radius 2 is 1.49 bits per heavy atom. The highest BCUT2D eigenvalue weighted by molar-refractivity contribution is 5.94. The summed E-state index contributed by atoms with van der Waals surface area (Å²) in [6, 6.07) is 24.2. The first-order valence-electron chi connectivity index (χ1n) is 14.0. The van der Waals surface area contributed by atoms with Crippen molar-refractivity contribution in [3.63, 3.8) is 0 Å². The molecule has 1 heterocycles. The second-order valence-electron chi connectivity index (χ2n) is 11.3. The van der Waals surface area contributed by atoms with Crippen LogP contribution >= 0.6 is 0 Å². The Balaban J connectivity index is 1.52. The normalized spacial score (nSPS) is 18.9. The number of likely N-dealkylation sites (tertiary alicyclic amines) is 1. The van der Waals surface area contributed by atoms with E-state index in [9.17, 15) is 22.8 Å². The number of carbonyl (C=O) groups excluding carboxylic acids is 2. The van der Waals surface area contributed by atoms with Crippen LogP contribution < -0.4 is 5.32 Å². The molecule has 4 rings (SSSR count). The van der Waals surface area contributed by atoms with Crippen molar-refractivity contribution in [1.29, 1.82) is 0 Å². The molecule has 0 radical (unpaired) electrons. The molecule has 3 atom stereocenters. The predicted octanol–water partition coefficient (Wildman–Crippen LogP) is 6.00. The standard InChI is InChI=1S/C33H38F3N3O2/c1-23-22-39(19-18-29(23)37-30(40)25-12-11-17-28(20-25)33(34,35)36)24(2)21-32(31(41)38(3)4,26-13-7-5-8-14-26)27-15-9-6-10-16-27/h5-17,20,23-24,29H,18-19,21-22H2,1-4H3,(H,37,40). The summed E-state index contributed by atoms with van der Waals surface area (Å²) in [5, 5.41) is 2.96. The minimum absolute atomic E-state index is 0.000487. The molecule has 41 heavy (non-hydrogen) atoms. The average Bonchev–Trinajstić information content (AvgIpc) is 2.97. The van der Waals surface area contributed by atoms with E-state index in [1.165, 1.54) is 12.1 Å². The zero-order valence-electron chi connectivity index (χ0n) is 24.0. The van der Waals surface area contributed by atoms with Crippen LogP contribution in [0.1, 0.15) is 53.7 Å². The van der Waals surface area contributed by atoms with E-state index in [2.05, 4.69) is 17.1 Å². The Labute approximate surface area is 240 Å². The third-order valence-electron chi connectivity index (χ3n) is 8.23. The van der Waals surface area contributed by atoms with Gasteiger partial charge in [-0.2, -0.15) is 13.2 Å². The SMILES string of the molecule is CC1CN(C(C)CC(C(=O)N(C)C)(c2ccccc2)c2ccccc2)CCC1NC(=O)c1cccc(C(F)(F)F)c1. The zero-order valence-corrected chi connectivity index (χ0v) is 24.0. The highest BCUT2D eigenvalue weighted by Crippen LogP contribution is 2.40. The van der Waals surface area contributed by atoms with Crippen LogP contribution in [0, 0.1) is 5.92 Å². The summed E-state index contributed by atoms with van der Waals surface area (Å²) < 4.78 is 39.4. The van der Waals surface area contributed by atoms with E-state index in [-0.39, 0.29) is 29.5 Å². The smallest absolute Gasteiger partial charge is 0.349 e. The van der Waals surface area contributed by atoms with Crippen LogP contribution in [-0.2, 0) is 16.4 Å². The second kappa shape index (κ2) is 12.5. The molecule has 2 amide bonds. The maximum Gasteiger partial charge on any atom is 0.416 e. The molecule has 1 N–H and O–H groups in total. The topological polar surface area (TPSA) is 52.7 Å². The number of piperidine rings is 1. The average molecular weight is 566 g/mol. The monoisotopic (exact) mass is 565 g/mol. The van der Waals surface area contributed by atoms with Crippen LogP contribution in [0.5, 0.6) is 0 Å². The first kappa shape index (κ1) is 30.3. The van der Waals surface area contributed by atoms with Crippen LogP contribution in [0.3, 0.4) is 0 Å². The molecule has 3 unspecified atom stereocenters. The van der Waals surface area contributed by atoms with E-state index in [0.717, 1.165) is 23.3 Å². The summed E-state index contributed by atoms with van der Waals surface area (Å²) in [5.74, 6) is -0.426. The van der Waals surface area contributed by atoms with E-state index in [0.29, 0.717) is 25.9 Å². The van der Waals surface area contributed by atoms with E-state index in [1.807, 2.05) is 67.6 Å². The van der Waals surface area contributed by atoms with Crippen LogP contribution in [0.25, 0.3) is 0 Å². The number of benzene rings is 3. The molecule has 1 fully saturated rings. The molecule has 0 aliphatic carbocycles. The number of alkyl halides is 3. The van der Waals surface area contributed by atoms with E-state index >= 15 is 0 Å². The van der Waals surface area contributed by atoms with Gasteiger partial charge in [-0.25, -0.2) is 0 Å². The van der Waals surface area contributed by atoms with Crippen LogP contribution in [0.2, 0.25) is 0 Å². The fourth-order valence-corrected chi connectivity index (χ4v) is 6.02. The largest absolute Gasteiger partial charge is 0.416 e. The van der Waals surface area contributed by atoms with E-state index in [4.69, 9.17) is 0 Å². The number of nitrogens with one attached hydrogen (secondary N) is 1.